The van der Waals surface area contributed by atoms with Crippen LogP contribution in [0.4, 0.5) is 5.69 Å². The van der Waals surface area contributed by atoms with Crippen molar-refractivity contribution >= 4 is 17.4 Å². The molecule has 1 aliphatic carbocycles. The van der Waals surface area contributed by atoms with Gasteiger partial charge in [0.05, 0.1) is 17.7 Å². The molecule has 3 rings (SSSR count). The van der Waals surface area contributed by atoms with Crippen molar-refractivity contribution in [3.63, 3.8) is 0 Å². The largest absolute Gasteiger partial charge is 0.505 e. The van der Waals surface area contributed by atoms with Crippen molar-refractivity contribution in [3.8, 4) is 5.75 Å². The van der Waals surface area contributed by atoms with Gasteiger partial charge in [0.1, 0.15) is 5.70 Å². The minimum absolute atomic E-state index is 0.0414. The van der Waals surface area contributed by atoms with Gasteiger partial charge in [0, 0.05) is 19.3 Å². The molecule has 0 atom stereocenters. The number of ketones is 1. The first-order valence-corrected chi connectivity index (χ1v) is 8.95. The Morgan fingerprint density at radius 1 is 1.07 bits per heavy atom. The van der Waals surface area contributed by atoms with Crippen LogP contribution in [0.1, 0.15) is 36.2 Å². The van der Waals surface area contributed by atoms with E-state index in [-0.39, 0.29) is 17.1 Å². The fourth-order valence-electron chi connectivity index (χ4n) is 2.60. The molecule has 0 saturated heterocycles. The maximum absolute atomic E-state index is 11.9. The summed E-state index contributed by atoms with van der Waals surface area (Å²) < 4.78 is 0. The number of allylic oxidation sites excluding steroid dienone is 2. The number of anilines is 1. The van der Waals surface area contributed by atoms with Crippen LogP contribution in [-0.2, 0) is 11.3 Å². The zero-order valence-electron chi connectivity index (χ0n) is 15.8. The molecule has 142 valence electrons. The van der Waals surface area contributed by atoms with Crippen LogP contribution in [0.2, 0.25) is 0 Å². The van der Waals surface area contributed by atoms with Gasteiger partial charge in [-0.2, -0.15) is 0 Å². The van der Waals surface area contributed by atoms with E-state index in [0.29, 0.717) is 24.4 Å². The number of nitrogens with one attached hydrogen (secondary N) is 3. The first kappa shape index (κ1) is 20.0. The fraction of sp³-hybridized carbons (Fsp3) is 0.238. The van der Waals surface area contributed by atoms with Crippen molar-refractivity contribution in [3.05, 3.63) is 71.1 Å². The highest BCUT2D eigenvalue weighted by Crippen LogP contribution is 2.32. The molecule has 6 nitrogen and oxygen atoms in total. The summed E-state index contributed by atoms with van der Waals surface area (Å²) >= 11 is 0. The molecular formula is C21H25N3O3. The van der Waals surface area contributed by atoms with Crippen LogP contribution in [0, 0.1) is 0 Å². The third kappa shape index (κ3) is 4.67. The van der Waals surface area contributed by atoms with Gasteiger partial charge in [0.25, 0.3) is 5.91 Å². The number of hydrogen-bond donors (Lipinski definition) is 4. The average molecular weight is 367 g/mol. The lowest BCUT2D eigenvalue weighted by Crippen LogP contribution is -2.32. The SMILES string of the molecule is CC.CNC(=O)c1cccc(NC2=C(NCc3ccccc3)CC2=O)c1O. The van der Waals surface area contributed by atoms with Gasteiger partial charge in [0.2, 0.25) is 0 Å². The van der Waals surface area contributed by atoms with E-state index < -0.39 is 5.91 Å². The monoisotopic (exact) mass is 367 g/mol. The van der Waals surface area contributed by atoms with Crippen LogP contribution in [0.15, 0.2) is 59.9 Å². The first-order valence-electron chi connectivity index (χ1n) is 8.95. The highest BCUT2D eigenvalue weighted by atomic mass is 16.3. The number of para-hydroxylation sites is 1. The summed E-state index contributed by atoms with van der Waals surface area (Å²) in [4.78, 5) is 23.7. The summed E-state index contributed by atoms with van der Waals surface area (Å²) in [5, 5.41) is 18.9. The molecule has 27 heavy (non-hydrogen) atoms. The second-order valence-electron chi connectivity index (χ2n) is 5.70. The van der Waals surface area contributed by atoms with Crippen molar-refractivity contribution in [1.82, 2.24) is 10.6 Å². The summed E-state index contributed by atoms with van der Waals surface area (Å²) in [6, 6.07) is 14.6. The molecule has 0 aliphatic heterocycles. The maximum atomic E-state index is 11.9. The Hall–Kier alpha value is -3.28. The molecule has 0 heterocycles. The zero-order chi connectivity index (χ0) is 19.8. The van der Waals surface area contributed by atoms with E-state index in [1.807, 2.05) is 44.2 Å². The Balaban J connectivity index is 0.00000126. The van der Waals surface area contributed by atoms with Crippen molar-refractivity contribution in [2.45, 2.75) is 26.8 Å². The van der Waals surface area contributed by atoms with Crippen LogP contribution in [-0.4, -0.2) is 23.8 Å². The van der Waals surface area contributed by atoms with Gasteiger partial charge in [0.15, 0.2) is 11.5 Å². The molecule has 1 aliphatic rings. The molecule has 0 radical (unpaired) electrons. The van der Waals surface area contributed by atoms with Crippen molar-refractivity contribution in [1.29, 1.82) is 0 Å². The van der Waals surface area contributed by atoms with E-state index in [9.17, 15) is 14.7 Å². The van der Waals surface area contributed by atoms with E-state index in [2.05, 4.69) is 16.0 Å². The molecule has 2 aromatic carbocycles. The maximum Gasteiger partial charge on any atom is 0.254 e. The number of amides is 1. The van der Waals surface area contributed by atoms with E-state index in [0.717, 1.165) is 11.3 Å². The molecule has 0 fully saturated rings. The third-order valence-electron chi connectivity index (χ3n) is 4.03. The first-order chi connectivity index (χ1) is 13.1. The van der Waals surface area contributed by atoms with E-state index >= 15 is 0 Å². The van der Waals surface area contributed by atoms with Crippen LogP contribution in [0.5, 0.6) is 5.75 Å². The van der Waals surface area contributed by atoms with Crippen LogP contribution >= 0.6 is 0 Å². The second kappa shape index (κ2) is 9.43. The number of hydrogen-bond acceptors (Lipinski definition) is 5. The third-order valence-corrected chi connectivity index (χ3v) is 4.03. The molecule has 0 aromatic heterocycles. The number of rotatable bonds is 6. The number of Topliss-reactive ketones (excluding diaryl/α,β-unsaturated/α-hetero) is 1. The summed E-state index contributed by atoms with van der Waals surface area (Å²) in [6.07, 6.45) is 0.324. The Morgan fingerprint density at radius 3 is 2.41 bits per heavy atom. The molecular weight excluding hydrogens is 342 g/mol. The Morgan fingerprint density at radius 2 is 1.78 bits per heavy atom. The van der Waals surface area contributed by atoms with Gasteiger partial charge in [-0.25, -0.2) is 0 Å². The highest BCUT2D eigenvalue weighted by molar-refractivity contribution is 6.07. The second-order valence-corrected chi connectivity index (χ2v) is 5.70. The van der Waals surface area contributed by atoms with Crippen LogP contribution < -0.4 is 16.0 Å². The van der Waals surface area contributed by atoms with Gasteiger partial charge in [-0.05, 0) is 17.7 Å². The summed E-state index contributed by atoms with van der Waals surface area (Å²) in [5.41, 5.74) is 2.79. The average Bonchev–Trinajstić information content (AvgIpc) is 2.71. The predicted molar refractivity (Wildman–Crippen MR) is 106 cm³/mol. The number of phenolic OH excluding ortho intramolecular Hbond substituents is 1. The van der Waals surface area contributed by atoms with E-state index in [1.165, 1.54) is 13.1 Å². The molecule has 2 aromatic rings. The lowest BCUT2D eigenvalue weighted by molar-refractivity contribution is -0.116. The van der Waals surface area contributed by atoms with Crippen LogP contribution in [0.25, 0.3) is 0 Å². The molecule has 0 unspecified atom stereocenters. The molecule has 0 bridgehead atoms. The minimum Gasteiger partial charge on any atom is -0.505 e. The zero-order valence-corrected chi connectivity index (χ0v) is 15.8. The normalized spacial score (nSPS) is 12.5. The quantitative estimate of drug-likeness (QED) is 0.589. The van der Waals surface area contributed by atoms with Crippen LogP contribution in [0.3, 0.4) is 0 Å². The van der Waals surface area contributed by atoms with Gasteiger partial charge >= 0.3 is 0 Å². The number of aromatic hydroxyl groups is 1. The molecule has 6 heteroatoms. The summed E-state index contributed by atoms with van der Waals surface area (Å²) in [7, 11) is 1.49. The Labute approximate surface area is 159 Å². The number of carbonyl (C=O) groups excluding carboxylic acids is 2. The highest BCUT2D eigenvalue weighted by Gasteiger charge is 2.28. The molecule has 0 spiro atoms. The minimum atomic E-state index is -0.391. The Kier molecular flexibility index (Phi) is 7.00. The smallest absolute Gasteiger partial charge is 0.254 e. The van der Waals surface area contributed by atoms with Crippen molar-refractivity contribution < 1.29 is 14.7 Å². The van der Waals surface area contributed by atoms with Gasteiger partial charge in [-0.1, -0.05) is 50.2 Å². The standard InChI is InChI=1S/C19H19N3O3.C2H6/c1-20-19(25)13-8-5-9-14(18(13)24)22-17-15(10-16(17)23)21-11-12-6-3-2-4-7-12;1-2/h2-9,21-22,24H,10-11H2,1H3,(H,20,25);1-2H3. The van der Waals surface area contributed by atoms with Gasteiger partial charge < -0.3 is 21.1 Å². The van der Waals surface area contributed by atoms with Gasteiger partial charge in [-0.3, -0.25) is 9.59 Å². The van der Waals surface area contributed by atoms with E-state index in [1.54, 1.807) is 12.1 Å². The van der Waals surface area contributed by atoms with Crippen molar-refractivity contribution in [2.75, 3.05) is 12.4 Å². The topological polar surface area (TPSA) is 90.5 Å². The van der Waals surface area contributed by atoms with E-state index in [4.69, 9.17) is 0 Å². The number of benzene rings is 2. The Bertz CT molecular complexity index is 845. The molecule has 4 N–H and O–H groups in total. The number of phenols is 1. The molecule has 1 amide bonds. The molecule has 0 saturated carbocycles. The fourth-order valence-corrected chi connectivity index (χ4v) is 2.60. The summed E-state index contributed by atoms with van der Waals surface area (Å²) in [6.45, 7) is 4.61. The van der Waals surface area contributed by atoms with Crippen molar-refractivity contribution in [2.24, 2.45) is 0 Å². The lowest BCUT2D eigenvalue weighted by atomic mass is 9.98. The summed E-state index contributed by atoms with van der Waals surface area (Å²) in [5.74, 6) is -0.616. The number of carbonyl (C=O) groups is 2. The van der Waals surface area contributed by atoms with Gasteiger partial charge in [-0.15, -0.1) is 0 Å². The lowest BCUT2D eigenvalue weighted by Gasteiger charge is -2.25. The predicted octanol–water partition coefficient (Wildman–Crippen LogP) is 3.16.